The Morgan fingerprint density at radius 1 is 1.16 bits per heavy atom. The number of phenolic OH excluding ortho intramolecular Hbond substituents is 3. The van der Waals surface area contributed by atoms with Crippen LogP contribution in [-0.4, -0.2) is 22.4 Å². The predicted octanol–water partition coefficient (Wildman–Crippen LogP) is 3.54. The SMILES string of the molecule is C=CC(C)(C)c1c(OC)cc(O)c2c(=O)c3ccc(O)c(O)c3oc12. The Hall–Kier alpha value is -3.15. The Bertz CT molecular complexity index is 1080. The van der Waals surface area contributed by atoms with Crippen molar-refractivity contribution in [3.63, 3.8) is 0 Å². The molecule has 0 saturated carbocycles. The summed E-state index contributed by atoms with van der Waals surface area (Å²) in [7, 11) is 1.44. The molecule has 0 aliphatic heterocycles. The Balaban J connectivity index is 2.67. The van der Waals surface area contributed by atoms with Crippen molar-refractivity contribution in [1.82, 2.24) is 0 Å². The van der Waals surface area contributed by atoms with Crippen LogP contribution in [0.5, 0.6) is 23.0 Å². The highest BCUT2D eigenvalue weighted by Gasteiger charge is 2.29. The Kier molecular flexibility index (Phi) is 3.64. The van der Waals surface area contributed by atoms with Crippen LogP contribution >= 0.6 is 0 Å². The van der Waals surface area contributed by atoms with E-state index in [-0.39, 0.29) is 27.7 Å². The van der Waals surface area contributed by atoms with E-state index in [9.17, 15) is 20.1 Å². The minimum Gasteiger partial charge on any atom is -0.507 e. The van der Waals surface area contributed by atoms with Crippen molar-refractivity contribution in [1.29, 1.82) is 0 Å². The number of aromatic hydroxyl groups is 3. The average Bonchev–Trinajstić information content (AvgIpc) is 2.57. The number of hydrogen-bond donors (Lipinski definition) is 3. The van der Waals surface area contributed by atoms with Gasteiger partial charge in [-0.05, 0) is 12.1 Å². The highest BCUT2D eigenvalue weighted by Crippen LogP contribution is 2.43. The molecule has 130 valence electrons. The molecule has 0 spiro atoms. The quantitative estimate of drug-likeness (QED) is 0.382. The van der Waals surface area contributed by atoms with E-state index >= 15 is 0 Å². The van der Waals surface area contributed by atoms with E-state index in [2.05, 4.69) is 6.58 Å². The fourth-order valence-corrected chi connectivity index (χ4v) is 2.90. The zero-order valence-electron chi connectivity index (χ0n) is 14.1. The second-order valence-corrected chi connectivity index (χ2v) is 6.34. The van der Waals surface area contributed by atoms with Gasteiger partial charge in [0.15, 0.2) is 11.3 Å². The highest BCUT2D eigenvalue weighted by molar-refractivity contribution is 5.98. The molecule has 1 aromatic heterocycles. The number of allylic oxidation sites excluding steroid dienone is 1. The molecule has 2 aromatic carbocycles. The molecule has 0 saturated heterocycles. The first-order valence-electron chi connectivity index (χ1n) is 7.58. The van der Waals surface area contributed by atoms with Crippen molar-refractivity contribution in [2.75, 3.05) is 7.11 Å². The van der Waals surface area contributed by atoms with Gasteiger partial charge in [0.25, 0.3) is 0 Å². The van der Waals surface area contributed by atoms with Gasteiger partial charge in [-0.15, -0.1) is 6.58 Å². The van der Waals surface area contributed by atoms with E-state index in [1.165, 1.54) is 25.3 Å². The minimum absolute atomic E-state index is 0.0247. The van der Waals surface area contributed by atoms with Gasteiger partial charge in [0.05, 0.1) is 12.5 Å². The van der Waals surface area contributed by atoms with Gasteiger partial charge in [-0.2, -0.15) is 0 Å². The van der Waals surface area contributed by atoms with Crippen LogP contribution in [0.1, 0.15) is 19.4 Å². The van der Waals surface area contributed by atoms with Gasteiger partial charge >= 0.3 is 0 Å². The van der Waals surface area contributed by atoms with Crippen LogP contribution in [-0.2, 0) is 5.41 Å². The lowest BCUT2D eigenvalue weighted by Crippen LogP contribution is -2.17. The van der Waals surface area contributed by atoms with Crippen molar-refractivity contribution < 1.29 is 24.5 Å². The molecule has 3 aromatic rings. The zero-order chi connectivity index (χ0) is 18.5. The zero-order valence-corrected chi connectivity index (χ0v) is 14.1. The van der Waals surface area contributed by atoms with Crippen LogP contribution in [0.3, 0.4) is 0 Å². The molecule has 0 fully saturated rings. The molecular weight excluding hydrogens is 324 g/mol. The molecule has 3 rings (SSSR count). The molecule has 3 N–H and O–H groups in total. The average molecular weight is 342 g/mol. The third-order valence-electron chi connectivity index (χ3n) is 4.39. The molecule has 0 unspecified atom stereocenters. The van der Waals surface area contributed by atoms with Crippen molar-refractivity contribution in [2.24, 2.45) is 0 Å². The van der Waals surface area contributed by atoms with Crippen LogP contribution in [0, 0.1) is 0 Å². The molecule has 0 aliphatic rings. The molecular formula is C19H18O6. The molecule has 25 heavy (non-hydrogen) atoms. The lowest BCUT2D eigenvalue weighted by Gasteiger charge is -2.24. The van der Waals surface area contributed by atoms with Gasteiger partial charge < -0.3 is 24.5 Å². The number of ether oxygens (including phenoxy) is 1. The van der Waals surface area contributed by atoms with Gasteiger partial charge in [-0.3, -0.25) is 4.79 Å². The lowest BCUT2D eigenvalue weighted by atomic mass is 9.82. The smallest absolute Gasteiger partial charge is 0.204 e. The number of methoxy groups -OCH3 is 1. The standard InChI is InChI=1S/C19H18O6/c1-5-19(2,3)14-12(24-4)8-11(21)13-15(22)9-6-7-10(20)16(23)17(9)25-18(13)14/h5-8,20-21,23H,1H2,2-4H3. The molecule has 1 heterocycles. The Labute approximate surface area is 143 Å². The van der Waals surface area contributed by atoms with Crippen molar-refractivity contribution in [3.05, 3.63) is 46.6 Å². The third kappa shape index (κ3) is 2.29. The molecule has 0 radical (unpaired) electrons. The van der Waals surface area contributed by atoms with Crippen molar-refractivity contribution in [3.8, 4) is 23.0 Å². The molecule has 0 atom stereocenters. The number of hydrogen-bond acceptors (Lipinski definition) is 6. The molecule has 0 amide bonds. The maximum Gasteiger partial charge on any atom is 0.204 e. The largest absolute Gasteiger partial charge is 0.507 e. The second-order valence-electron chi connectivity index (χ2n) is 6.34. The summed E-state index contributed by atoms with van der Waals surface area (Å²) in [5, 5.41) is 30.2. The van der Waals surface area contributed by atoms with Gasteiger partial charge in [0, 0.05) is 17.0 Å². The van der Waals surface area contributed by atoms with Crippen molar-refractivity contribution in [2.45, 2.75) is 19.3 Å². The summed E-state index contributed by atoms with van der Waals surface area (Å²) in [4.78, 5) is 12.9. The monoisotopic (exact) mass is 342 g/mol. The van der Waals surface area contributed by atoms with Gasteiger partial charge in [0.2, 0.25) is 11.2 Å². The van der Waals surface area contributed by atoms with E-state index in [0.717, 1.165) is 0 Å². The number of fused-ring (bicyclic) bond motifs is 2. The van der Waals surface area contributed by atoms with Crippen LogP contribution in [0.2, 0.25) is 0 Å². The summed E-state index contributed by atoms with van der Waals surface area (Å²) < 4.78 is 11.1. The summed E-state index contributed by atoms with van der Waals surface area (Å²) in [6.07, 6.45) is 1.66. The van der Waals surface area contributed by atoms with Gasteiger partial charge in [-0.1, -0.05) is 19.9 Å². The van der Waals surface area contributed by atoms with Gasteiger partial charge in [0.1, 0.15) is 22.5 Å². The molecule has 0 aliphatic carbocycles. The summed E-state index contributed by atoms with van der Waals surface area (Å²) in [5.41, 5.74) is -0.772. The van der Waals surface area contributed by atoms with Crippen LogP contribution in [0.25, 0.3) is 21.9 Å². The lowest BCUT2D eigenvalue weighted by molar-refractivity contribution is 0.393. The first-order chi connectivity index (χ1) is 11.7. The first kappa shape index (κ1) is 16.7. The Morgan fingerprint density at radius 2 is 1.84 bits per heavy atom. The summed E-state index contributed by atoms with van der Waals surface area (Å²) in [6.45, 7) is 7.50. The Morgan fingerprint density at radius 3 is 2.44 bits per heavy atom. The fraction of sp³-hybridized carbons (Fsp3) is 0.211. The van der Waals surface area contributed by atoms with E-state index in [1.54, 1.807) is 6.08 Å². The van der Waals surface area contributed by atoms with E-state index in [1.807, 2.05) is 13.8 Å². The summed E-state index contributed by atoms with van der Waals surface area (Å²) in [5.74, 6) is -0.927. The number of phenols is 3. The van der Waals surface area contributed by atoms with E-state index < -0.39 is 22.3 Å². The maximum atomic E-state index is 12.9. The second kappa shape index (κ2) is 5.44. The van der Waals surface area contributed by atoms with Crippen LogP contribution in [0.15, 0.2) is 40.1 Å². The number of benzene rings is 2. The van der Waals surface area contributed by atoms with Crippen LogP contribution < -0.4 is 10.2 Å². The maximum absolute atomic E-state index is 12.9. The molecule has 6 nitrogen and oxygen atoms in total. The number of rotatable bonds is 3. The van der Waals surface area contributed by atoms with Crippen molar-refractivity contribution >= 4 is 21.9 Å². The minimum atomic E-state index is -0.659. The summed E-state index contributed by atoms with van der Waals surface area (Å²) in [6, 6.07) is 3.87. The molecule has 6 heteroatoms. The topological polar surface area (TPSA) is 100 Å². The van der Waals surface area contributed by atoms with E-state index in [0.29, 0.717) is 11.3 Å². The predicted molar refractivity (Wildman–Crippen MR) is 94.8 cm³/mol. The summed E-state index contributed by atoms with van der Waals surface area (Å²) >= 11 is 0. The normalized spacial score (nSPS) is 11.8. The van der Waals surface area contributed by atoms with Crippen LogP contribution in [0.4, 0.5) is 0 Å². The van der Waals surface area contributed by atoms with E-state index in [4.69, 9.17) is 9.15 Å². The third-order valence-corrected chi connectivity index (χ3v) is 4.39. The highest BCUT2D eigenvalue weighted by atomic mass is 16.5. The fourth-order valence-electron chi connectivity index (χ4n) is 2.90. The first-order valence-corrected chi connectivity index (χ1v) is 7.58. The molecule has 0 bridgehead atoms. The van der Waals surface area contributed by atoms with Gasteiger partial charge in [-0.25, -0.2) is 0 Å².